The van der Waals surface area contributed by atoms with Gasteiger partial charge in [-0.05, 0) is 119 Å². The predicted molar refractivity (Wildman–Crippen MR) is 181 cm³/mol. The summed E-state index contributed by atoms with van der Waals surface area (Å²) in [7, 11) is 0. The number of fused-ring (bicyclic) bond motifs is 8. The van der Waals surface area contributed by atoms with Crippen molar-refractivity contribution in [3.8, 4) is 33.8 Å². The molecule has 1 aromatic heterocycles. The number of hydrogen-bond acceptors (Lipinski definition) is 3. The largest absolute Gasteiger partial charge is 0.456 e. The molecule has 44 heavy (non-hydrogen) atoms. The molecule has 0 N–H and O–H groups in total. The fraction of sp³-hybridized carbons (Fsp3) is 0.122. The Morgan fingerprint density at radius 3 is 1.91 bits per heavy atom. The van der Waals surface area contributed by atoms with E-state index in [2.05, 4.69) is 136 Å². The molecule has 6 aromatic carbocycles. The smallest absolute Gasteiger partial charge is 0.151 e. The molecule has 7 aromatic rings. The van der Waals surface area contributed by atoms with Gasteiger partial charge in [-0.1, -0.05) is 68.4 Å². The molecule has 0 unspecified atom stereocenters. The van der Waals surface area contributed by atoms with Gasteiger partial charge in [-0.25, -0.2) is 0 Å². The normalized spacial score (nSPS) is 14.2. The zero-order chi connectivity index (χ0) is 29.7. The molecule has 2 heterocycles. The second kappa shape index (κ2) is 8.87. The molecule has 3 nitrogen and oxygen atoms in total. The zero-order valence-electron chi connectivity index (χ0n) is 25.2. The van der Waals surface area contributed by atoms with Gasteiger partial charge in [0.2, 0.25) is 0 Å². The van der Waals surface area contributed by atoms with Crippen LogP contribution in [0.3, 0.4) is 0 Å². The molecule has 0 spiro atoms. The van der Waals surface area contributed by atoms with E-state index in [0.29, 0.717) is 0 Å². The van der Waals surface area contributed by atoms with Gasteiger partial charge in [0.1, 0.15) is 11.2 Å². The summed E-state index contributed by atoms with van der Waals surface area (Å²) in [5.41, 5.74) is 15.0. The van der Waals surface area contributed by atoms with E-state index in [4.69, 9.17) is 9.15 Å². The first-order valence-corrected chi connectivity index (χ1v) is 15.3. The summed E-state index contributed by atoms with van der Waals surface area (Å²) in [4.78, 5) is 2.35. The minimum atomic E-state index is -0.165. The maximum absolute atomic E-state index is 6.43. The van der Waals surface area contributed by atoms with Gasteiger partial charge in [0.05, 0.1) is 11.4 Å². The standard InChI is InChI=1S/C41H31NO2/c1-24-9-16-35-39(19-24)44-40-20-25(2)10-17-36(40)42(35)28-13-15-30-29-14-11-27(22-33(29)41(3,4)34(30)23-28)26-12-18-38-32(21-26)31-7-5-6-8-37(31)43-38/h5-23H,1-4H3. The molecular weight excluding hydrogens is 538 g/mol. The molecule has 1 aliphatic heterocycles. The Hall–Kier alpha value is -5.28. The molecule has 2 aliphatic rings. The van der Waals surface area contributed by atoms with Crippen LogP contribution in [-0.2, 0) is 5.41 Å². The predicted octanol–water partition coefficient (Wildman–Crippen LogP) is 11.8. The Morgan fingerprint density at radius 2 is 1.16 bits per heavy atom. The van der Waals surface area contributed by atoms with Gasteiger partial charge >= 0.3 is 0 Å². The Kier molecular flexibility index (Phi) is 5.09. The van der Waals surface area contributed by atoms with Gasteiger partial charge in [-0.3, -0.25) is 0 Å². The lowest BCUT2D eigenvalue weighted by atomic mass is 9.81. The summed E-state index contributed by atoms with van der Waals surface area (Å²) in [6.45, 7) is 8.93. The van der Waals surface area contributed by atoms with Crippen LogP contribution in [-0.4, -0.2) is 0 Å². The first-order valence-electron chi connectivity index (χ1n) is 15.3. The van der Waals surface area contributed by atoms with E-state index in [1.54, 1.807) is 0 Å². The number of hydrogen-bond donors (Lipinski definition) is 0. The highest BCUT2D eigenvalue weighted by molar-refractivity contribution is 6.06. The third-order valence-electron chi connectivity index (χ3n) is 9.56. The highest BCUT2D eigenvalue weighted by Crippen LogP contribution is 2.55. The van der Waals surface area contributed by atoms with Crippen LogP contribution in [0.15, 0.2) is 120 Å². The lowest BCUT2D eigenvalue weighted by molar-refractivity contribution is 0.476. The van der Waals surface area contributed by atoms with Crippen LogP contribution < -0.4 is 9.64 Å². The number of nitrogens with zero attached hydrogens (tertiary/aromatic N) is 1. The Balaban J connectivity index is 1.16. The van der Waals surface area contributed by atoms with Gasteiger partial charge in [-0.15, -0.1) is 0 Å². The summed E-state index contributed by atoms with van der Waals surface area (Å²) in [6, 6.07) is 41.7. The molecule has 0 bridgehead atoms. The third kappa shape index (κ3) is 3.56. The van der Waals surface area contributed by atoms with Crippen LogP contribution in [0, 0.1) is 13.8 Å². The molecule has 0 radical (unpaired) electrons. The summed E-state index contributed by atoms with van der Waals surface area (Å²) < 4.78 is 12.5. The second-order valence-electron chi connectivity index (χ2n) is 12.8. The average Bonchev–Trinajstić information content (AvgIpc) is 3.51. The van der Waals surface area contributed by atoms with Crippen LogP contribution in [0.25, 0.3) is 44.2 Å². The number of rotatable bonds is 2. The van der Waals surface area contributed by atoms with Gasteiger partial charge in [0.15, 0.2) is 11.5 Å². The maximum Gasteiger partial charge on any atom is 0.151 e. The highest BCUT2D eigenvalue weighted by atomic mass is 16.5. The SMILES string of the molecule is Cc1ccc2c(c1)Oc1cc(C)ccc1N2c1ccc2c(c1)C(C)(C)c1cc(-c3ccc4oc5ccccc5c4c3)ccc1-2. The van der Waals surface area contributed by atoms with Crippen molar-refractivity contribution in [2.45, 2.75) is 33.1 Å². The van der Waals surface area contributed by atoms with Crippen molar-refractivity contribution in [2.24, 2.45) is 0 Å². The molecular formula is C41H31NO2. The molecule has 9 rings (SSSR count). The Labute approximate surface area is 257 Å². The van der Waals surface area contributed by atoms with E-state index in [1.165, 1.54) is 44.5 Å². The second-order valence-corrected chi connectivity index (χ2v) is 12.8. The summed E-state index contributed by atoms with van der Waals surface area (Å²) in [5, 5.41) is 2.31. The van der Waals surface area contributed by atoms with E-state index < -0.39 is 0 Å². The first kappa shape index (κ1) is 25.2. The number of para-hydroxylation sites is 1. The fourth-order valence-electron chi connectivity index (χ4n) is 7.25. The average molecular weight is 570 g/mol. The van der Waals surface area contributed by atoms with Crippen LogP contribution in [0.4, 0.5) is 17.1 Å². The number of ether oxygens (including phenoxy) is 1. The number of aryl methyl sites for hydroxylation is 2. The van der Waals surface area contributed by atoms with Crippen LogP contribution in [0.2, 0.25) is 0 Å². The van der Waals surface area contributed by atoms with E-state index >= 15 is 0 Å². The van der Waals surface area contributed by atoms with Crippen molar-refractivity contribution in [3.05, 3.63) is 138 Å². The van der Waals surface area contributed by atoms with Gasteiger partial charge < -0.3 is 14.1 Å². The van der Waals surface area contributed by atoms with Crippen molar-refractivity contribution < 1.29 is 9.15 Å². The molecule has 3 heteroatoms. The minimum absolute atomic E-state index is 0.165. The summed E-state index contributed by atoms with van der Waals surface area (Å²) in [6.07, 6.45) is 0. The number of furan rings is 1. The summed E-state index contributed by atoms with van der Waals surface area (Å²) in [5.74, 6) is 1.77. The molecule has 0 saturated carbocycles. The van der Waals surface area contributed by atoms with E-state index in [-0.39, 0.29) is 5.41 Å². The lowest BCUT2D eigenvalue weighted by Gasteiger charge is -2.34. The van der Waals surface area contributed by atoms with Gasteiger partial charge in [0.25, 0.3) is 0 Å². The highest BCUT2D eigenvalue weighted by Gasteiger charge is 2.37. The van der Waals surface area contributed by atoms with Crippen LogP contribution >= 0.6 is 0 Å². The van der Waals surface area contributed by atoms with Crippen molar-refractivity contribution >= 4 is 39.0 Å². The van der Waals surface area contributed by atoms with E-state index in [0.717, 1.165) is 50.5 Å². The monoisotopic (exact) mass is 569 g/mol. The molecule has 0 saturated heterocycles. The first-order chi connectivity index (χ1) is 21.3. The quantitative estimate of drug-likeness (QED) is 0.207. The number of anilines is 3. The van der Waals surface area contributed by atoms with Crippen molar-refractivity contribution in [2.75, 3.05) is 4.90 Å². The summed E-state index contributed by atoms with van der Waals surface area (Å²) >= 11 is 0. The van der Waals surface area contributed by atoms with Crippen molar-refractivity contribution in [1.82, 2.24) is 0 Å². The van der Waals surface area contributed by atoms with E-state index in [9.17, 15) is 0 Å². The van der Waals surface area contributed by atoms with E-state index in [1.807, 2.05) is 12.1 Å². The third-order valence-corrected chi connectivity index (χ3v) is 9.56. The minimum Gasteiger partial charge on any atom is -0.456 e. The number of benzene rings is 6. The van der Waals surface area contributed by atoms with Gasteiger partial charge in [0, 0.05) is 21.9 Å². The molecule has 1 aliphatic carbocycles. The lowest BCUT2D eigenvalue weighted by Crippen LogP contribution is -2.18. The van der Waals surface area contributed by atoms with Crippen molar-refractivity contribution in [1.29, 1.82) is 0 Å². The van der Waals surface area contributed by atoms with Crippen molar-refractivity contribution in [3.63, 3.8) is 0 Å². The maximum atomic E-state index is 6.43. The topological polar surface area (TPSA) is 25.6 Å². The Bertz CT molecular complexity index is 2270. The van der Waals surface area contributed by atoms with Gasteiger partial charge in [-0.2, -0.15) is 0 Å². The fourth-order valence-corrected chi connectivity index (χ4v) is 7.25. The Morgan fingerprint density at radius 1 is 0.545 bits per heavy atom. The molecule has 0 amide bonds. The van der Waals surface area contributed by atoms with Crippen LogP contribution in [0.5, 0.6) is 11.5 Å². The molecule has 212 valence electrons. The molecule has 0 fully saturated rings. The van der Waals surface area contributed by atoms with Crippen LogP contribution in [0.1, 0.15) is 36.1 Å². The molecule has 0 atom stereocenters. The zero-order valence-corrected chi connectivity index (χ0v) is 25.2.